The first-order chi connectivity index (χ1) is 9.59. The van der Waals surface area contributed by atoms with E-state index in [-0.39, 0.29) is 9.10 Å². The summed E-state index contributed by atoms with van der Waals surface area (Å²) in [7, 11) is -8.04. The van der Waals surface area contributed by atoms with Crippen molar-refractivity contribution in [1.29, 1.82) is 0 Å². The summed E-state index contributed by atoms with van der Waals surface area (Å²) in [5.41, 5.74) is -0.479. The Bertz CT molecular complexity index is 888. The molecular weight excluding hydrogens is 339 g/mol. The molecule has 10 heteroatoms. The number of nitrogens with one attached hydrogen (secondary N) is 1. The molecule has 21 heavy (non-hydrogen) atoms. The molecule has 2 aromatic rings. The van der Waals surface area contributed by atoms with Crippen LogP contribution < -0.4 is 9.86 Å². The number of thiophene rings is 1. The lowest BCUT2D eigenvalue weighted by atomic mass is 10.3. The van der Waals surface area contributed by atoms with Gasteiger partial charge in [0, 0.05) is 4.88 Å². The van der Waals surface area contributed by atoms with Crippen molar-refractivity contribution in [3.05, 3.63) is 41.0 Å². The molecule has 1 heterocycles. The van der Waals surface area contributed by atoms with Crippen molar-refractivity contribution in [2.24, 2.45) is 5.14 Å². The summed E-state index contributed by atoms with van der Waals surface area (Å²) in [6, 6.07) is 5.61. The average Bonchev–Trinajstić information content (AvgIpc) is 2.78. The number of hydrogen-bond acceptors (Lipinski definition) is 5. The Labute approximate surface area is 125 Å². The van der Waals surface area contributed by atoms with Crippen LogP contribution in [0.15, 0.2) is 39.4 Å². The fraction of sp³-hybridized carbons (Fsp3) is 0.0909. The number of nitrogens with two attached hydrogens (primary N) is 1. The monoisotopic (exact) mass is 350 g/mol. The number of sulfonamides is 2. The van der Waals surface area contributed by atoms with Gasteiger partial charge in [-0.15, -0.1) is 11.3 Å². The van der Waals surface area contributed by atoms with Crippen LogP contribution in [0.3, 0.4) is 0 Å². The predicted molar refractivity (Wildman–Crippen MR) is 77.6 cm³/mol. The average molecular weight is 350 g/mol. The summed E-state index contributed by atoms with van der Waals surface area (Å²) in [5.74, 6) is -0.903. The molecule has 0 amide bonds. The van der Waals surface area contributed by atoms with Crippen molar-refractivity contribution in [3.8, 4) is 0 Å². The Morgan fingerprint density at radius 2 is 1.81 bits per heavy atom. The maximum atomic E-state index is 13.6. The molecule has 0 fully saturated rings. The first-order valence-corrected chi connectivity index (χ1v) is 9.36. The van der Waals surface area contributed by atoms with E-state index >= 15 is 0 Å². The fourth-order valence-corrected chi connectivity index (χ4v) is 4.39. The Hall–Kier alpha value is -1.49. The van der Waals surface area contributed by atoms with E-state index in [1.54, 1.807) is 13.0 Å². The molecule has 6 nitrogen and oxygen atoms in total. The lowest BCUT2D eigenvalue weighted by Gasteiger charge is -2.08. The van der Waals surface area contributed by atoms with Crippen molar-refractivity contribution >= 4 is 37.1 Å². The molecule has 0 spiro atoms. The Kier molecular flexibility index (Phi) is 4.06. The molecule has 0 atom stereocenters. The maximum Gasteiger partial charge on any atom is 0.271 e. The van der Waals surface area contributed by atoms with Crippen LogP contribution in [-0.4, -0.2) is 16.8 Å². The number of aryl methyl sites for hydroxylation is 1. The van der Waals surface area contributed by atoms with Gasteiger partial charge in [0.15, 0.2) is 0 Å². The van der Waals surface area contributed by atoms with Crippen LogP contribution in [0, 0.1) is 12.7 Å². The Balaban J connectivity index is 2.44. The quantitative estimate of drug-likeness (QED) is 0.874. The Morgan fingerprint density at radius 3 is 2.33 bits per heavy atom. The molecule has 2 rings (SSSR count). The first kappa shape index (κ1) is 15.9. The van der Waals surface area contributed by atoms with Gasteiger partial charge in [0.2, 0.25) is 10.0 Å². The number of halogens is 1. The number of anilines is 1. The van der Waals surface area contributed by atoms with Gasteiger partial charge in [0.25, 0.3) is 10.0 Å². The molecule has 0 aliphatic carbocycles. The van der Waals surface area contributed by atoms with Gasteiger partial charge in [0.05, 0.1) is 10.6 Å². The van der Waals surface area contributed by atoms with Gasteiger partial charge in [-0.3, -0.25) is 4.72 Å². The van der Waals surface area contributed by atoms with Gasteiger partial charge < -0.3 is 0 Å². The van der Waals surface area contributed by atoms with Crippen molar-refractivity contribution < 1.29 is 21.2 Å². The van der Waals surface area contributed by atoms with Crippen molar-refractivity contribution in [1.82, 2.24) is 0 Å². The van der Waals surface area contributed by atoms with E-state index in [1.165, 1.54) is 6.07 Å². The third-order valence-electron chi connectivity index (χ3n) is 2.49. The number of hydrogen-bond donors (Lipinski definition) is 2. The lowest BCUT2D eigenvalue weighted by Crippen LogP contribution is -2.15. The zero-order valence-electron chi connectivity index (χ0n) is 10.7. The highest BCUT2D eigenvalue weighted by molar-refractivity contribution is 7.94. The number of benzene rings is 1. The van der Waals surface area contributed by atoms with E-state index in [9.17, 15) is 21.2 Å². The lowest BCUT2D eigenvalue weighted by molar-refractivity contribution is 0.594. The SMILES string of the molecule is Cc1ccc(S(=O)(=O)Nc2cc(S(N)(=O)=O)ccc2F)s1. The first-order valence-electron chi connectivity index (χ1n) is 5.51. The van der Waals surface area contributed by atoms with Crippen LogP contribution in [0.1, 0.15) is 4.88 Å². The zero-order chi connectivity index (χ0) is 15.8. The van der Waals surface area contributed by atoms with E-state index in [2.05, 4.69) is 0 Å². The number of primary sulfonamides is 1. The molecular formula is C11H11FN2O4S3. The van der Waals surface area contributed by atoms with Crippen LogP contribution in [0.2, 0.25) is 0 Å². The van der Waals surface area contributed by atoms with Crippen LogP contribution >= 0.6 is 11.3 Å². The third kappa shape index (κ3) is 3.59. The highest BCUT2D eigenvalue weighted by Gasteiger charge is 2.20. The van der Waals surface area contributed by atoms with Gasteiger partial charge >= 0.3 is 0 Å². The van der Waals surface area contributed by atoms with Crippen LogP contribution in [0.5, 0.6) is 0 Å². The second-order valence-electron chi connectivity index (χ2n) is 4.16. The second kappa shape index (κ2) is 5.37. The summed E-state index contributed by atoms with van der Waals surface area (Å²) in [4.78, 5) is 0.387. The molecule has 0 unspecified atom stereocenters. The fourth-order valence-electron chi connectivity index (χ4n) is 1.51. The molecule has 0 saturated carbocycles. The highest BCUT2D eigenvalue weighted by atomic mass is 32.2. The van der Waals surface area contributed by atoms with Crippen LogP contribution in [0.25, 0.3) is 0 Å². The normalized spacial score (nSPS) is 12.3. The van der Waals surface area contributed by atoms with Gasteiger partial charge in [0.1, 0.15) is 10.0 Å². The predicted octanol–water partition coefficient (Wildman–Crippen LogP) is 1.64. The topological polar surface area (TPSA) is 106 Å². The molecule has 0 aliphatic rings. The smallest absolute Gasteiger partial charge is 0.271 e. The van der Waals surface area contributed by atoms with E-state index < -0.39 is 31.6 Å². The van der Waals surface area contributed by atoms with E-state index in [1.807, 2.05) is 4.72 Å². The van der Waals surface area contributed by atoms with Gasteiger partial charge in [-0.05, 0) is 37.3 Å². The van der Waals surface area contributed by atoms with Crippen molar-refractivity contribution in [2.45, 2.75) is 16.0 Å². The molecule has 1 aromatic heterocycles. The minimum atomic E-state index is -4.06. The van der Waals surface area contributed by atoms with Crippen molar-refractivity contribution in [2.75, 3.05) is 4.72 Å². The third-order valence-corrected chi connectivity index (χ3v) is 6.26. The van der Waals surface area contributed by atoms with Crippen LogP contribution in [-0.2, 0) is 20.0 Å². The van der Waals surface area contributed by atoms with E-state index in [4.69, 9.17) is 5.14 Å². The van der Waals surface area contributed by atoms with E-state index in [0.717, 1.165) is 34.4 Å². The standard InChI is InChI=1S/C11H11FN2O4S3/c1-7-2-5-11(19-7)21(17,18)14-10-6-8(20(13,15)16)3-4-9(10)12/h2-6,14H,1H3,(H2,13,15,16). The van der Waals surface area contributed by atoms with Gasteiger partial charge in [-0.2, -0.15) is 0 Å². The largest absolute Gasteiger partial charge is 0.276 e. The Morgan fingerprint density at radius 1 is 1.14 bits per heavy atom. The van der Waals surface area contributed by atoms with E-state index in [0.29, 0.717) is 0 Å². The summed E-state index contributed by atoms with van der Waals surface area (Å²) in [6.45, 7) is 1.73. The van der Waals surface area contributed by atoms with Crippen LogP contribution in [0.4, 0.5) is 10.1 Å². The summed E-state index contributed by atoms with van der Waals surface area (Å²) in [5, 5.41) is 4.93. The summed E-state index contributed by atoms with van der Waals surface area (Å²) < 4.78 is 62.3. The van der Waals surface area contributed by atoms with Gasteiger partial charge in [-0.25, -0.2) is 26.4 Å². The maximum absolute atomic E-state index is 13.6. The minimum absolute atomic E-state index is 0.000378. The highest BCUT2D eigenvalue weighted by Crippen LogP contribution is 2.26. The molecule has 1 aromatic carbocycles. The van der Waals surface area contributed by atoms with Gasteiger partial charge in [-0.1, -0.05) is 0 Å². The molecule has 3 N–H and O–H groups in total. The molecule has 0 aliphatic heterocycles. The second-order valence-corrected chi connectivity index (χ2v) is 8.92. The molecule has 0 bridgehead atoms. The molecule has 114 valence electrons. The minimum Gasteiger partial charge on any atom is -0.276 e. The summed E-state index contributed by atoms with van der Waals surface area (Å²) >= 11 is 1.01. The molecule has 0 radical (unpaired) electrons. The zero-order valence-corrected chi connectivity index (χ0v) is 13.1. The van der Waals surface area contributed by atoms with Crippen molar-refractivity contribution in [3.63, 3.8) is 0 Å². The number of rotatable bonds is 4. The molecule has 0 saturated heterocycles. The summed E-state index contributed by atoms with van der Waals surface area (Å²) in [6.07, 6.45) is 0.